The molecule has 3 aliphatic rings. The molecule has 4 amide bonds. The van der Waals surface area contributed by atoms with Crippen LogP contribution in [0.4, 0.5) is 29.3 Å². The van der Waals surface area contributed by atoms with Gasteiger partial charge in [0.15, 0.2) is 0 Å². The minimum absolute atomic E-state index is 0.161. The van der Waals surface area contributed by atoms with Crippen LogP contribution in [0, 0.1) is 5.92 Å². The molecule has 4 rings (SSSR count). The molecule has 1 aliphatic carbocycles. The maximum atomic E-state index is 13.3. The molecule has 31 heavy (non-hydrogen) atoms. The number of alkyl halides is 3. The summed E-state index contributed by atoms with van der Waals surface area (Å²) in [4.78, 5) is 38.5. The lowest BCUT2D eigenvalue weighted by Crippen LogP contribution is -2.50. The van der Waals surface area contributed by atoms with Gasteiger partial charge < -0.3 is 15.5 Å². The van der Waals surface area contributed by atoms with Gasteiger partial charge in [0, 0.05) is 19.0 Å². The summed E-state index contributed by atoms with van der Waals surface area (Å²) < 4.78 is 39.8. The van der Waals surface area contributed by atoms with Crippen molar-refractivity contribution in [3.8, 4) is 0 Å². The number of amides is 4. The Morgan fingerprint density at radius 3 is 2.35 bits per heavy atom. The summed E-state index contributed by atoms with van der Waals surface area (Å²) in [5.41, 5.74) is -1.04. The third kappa shape index (κ3) is 4.33. The summed E-state index contributed by atoms with van der Waals surface area (Å²) >= 11 is 0. The summed E-state index contributed by atoms with van der Waals surface area (Å²) in [7, 11) is 0. The average Bonchev–Trinajstić information content (AvgIpc) is 3.01. The van der Waals surface area contributed by atoms with Crippen molar-refractivity contribution in [2.45, 2.75) is 56.7 Å². The maximum Gasteiger partial charge on any atom is 0.416 e. The van der Waals surface area contributed by atoms with Crippen LogP contribution < -0.4 is 20.9 Å². The highest BCUT2D eigenvalue weighted by molar-refractivity contribution is 6.07. The quantitative estimate of drug-likeness (QED) is 0.631. The molecule has 1 spiro atoms. The molecule has 1 saturated carbocycles. The number of carbonyl (C=O) groups is 3. The number of rotatable bonds is 3. The molecular weight excluding hydrogens is 413 g/mol. The van der Waals surface area contributed by atoms with E-state index in [2.05, 4.69) is 16.0 Å². The molecule has 2 saturated heterocycles. The number of nitrogens with one attached hydrogen (secondary N) is 3. The van der Waals surface area contributed by atoms with Gasteiger partial charge in [-0.15, -0.1) is 0 Å². The first-order valence-electron chi connectivity index (χ1n) is 10.6. The Labute approximate surface area is 177 Å². The Bertz CT molecular complexity index is 888. The van der Waals surface area contributed by atoms with Gasteiger partial charge in [0.05, 0.1) is 16.9 Å². The molecule has 1 aromatic carbocycles. The van der Waals surface area contributed by atoms with Gasteiger partial charge in [-0.1, -0.05) is 0 Å². The van der Waals surface area contributed by atoms with Crippen LogP contribution in [-0.4, -0.2) is 36.5 Å². The number of halogens is 3. The van der Waals surface area contributed by atoms with Gasteiger partial charge in [-0.05, 0) is 63.1 Å². The van der Waals surface area contributed by atoms with Gasteiger partial charge in [0.25, 0.3) is 5.91 Å². The third-order valence-corrected chi connectivity index (χ3v) is 6.50. The summed E-state index contributed by atoms with van der Waals surface area (Å²) in [6, 6.07) is 2.93. The average molecular weight is 438 g/mol. The second-order valence-electron chi connectivity index (χ2n) is 8.53. The molecular formula is C21H25F3N4O3. The minimum Gasteiger partial charge on any atom is -0.370 e. The second-order valence-corrected chi connectivity index (χ2v) is 8.53. The van der Waals surface area contributed by atoms with Crippen molar-refractivity contribution in [3.63, 3.8) is 0 Å². The van der Waals surface area contributed by atoms with Crippen molar-refractivity contribution >= 4 is 29.2 Å². The van der Waals surface area contributed by atoms with Crippen molar-refractivity contribution in [2.75, 3.05) is 23.3 Å². The third-order valence-electron chi connectivity index (χ3n) is 6.50. The van der Waals surface area contributed by atoms with Crippen molar-refractivity contribution in [1.29, 1.82) is 0 Å². The SMILES string of the molecule is O=C1NC(=O)C2(CCC(C(=O)Nc3cc(C(F)(F)F)ccc3N3CCCCC3)CC2)N1. The van der Waals surface area contributed by atoms with Crippen molar-refractivity contribution in [1.82, 2.24) is 10.6 Å². The topological polar surface area (TPSA) is 90.5 Å². The number of nitrogens with zero attached hydrogens (tertiary/aromatic N) is 1. The largest absolute Gasteiger partial charge is 0.416 e. The van der Waals surface area contributed by atoms with Gasteiger partial charge >= 0.3 is 12.2 Å². The first-order chi connectivity index (χ1) is 14.7. The Morgan fingerprint density at radius 2 is 1.77 bits per heavy atom. The summed E-state index contributed by atoms with van der Waals surface area (Å²) in [6.07, 6.45) is -0.193. The number of anilines is 2. The van der Waals surface area contributed by atoms with Crippen LogP contribution in [0.5, 0.6) is 0 Å². The van der Waals surface area contributed by atoms with Crippen molar-refractivity contribution < 1.29 is 27.6 Å². The van der Waals surface area contributed by atoms with Crippen LogP contribution in [0.2, 0.25) is 0 Å². The fraction of sp³-hybridized carbons (Fsp3) is 0.571. The number of hydrogen-bond donors (Lipinski definition) is 3. The lowest BCUT2D eigenvalue weighted by atomic mass is 9.76. The predicted molar refractivity (Wildman–Crippen MR) is 108 cm³/mol. The van der Waals surface area contributed by atoms with E-state index in [4.69, 9.17) is 0 Å². The van der Waals surface area contributed by atoms with E-state index < -0.39 is 29.2 Å². The molecule has 3 fully saturated rings. The molecule has 1 aromatic rings. The molecule has 2 heterocycles. The molecule has 0 aromatic heterocycles. The maximum absolute atomic E-state index is 13.3. The van der Waals surface area contributed by atoms with E-state index in [1.807, 2.05) is 4.90 Å². The molecule has 10 heteroatoms. The van der Waals surface area contributed by atoms with Crippen molar-refractivity contribution in [2.24, 2.45) is 5.92 Å². The lowest BCUT2D eigenvalue weighted by Gasteiger charge is -2.34. The number of imide groups is 1. The number of piperidine rings is 1. The summed E-state index contributed by atoms with van der Waals surface area (Å²) in [5, 5.41) is 7.59. The van der Waals surface area contributed by atoms with Crippen LogP contribution >= 0.6 is 0 Å². The molecule has 7 nitrogen and oxygen atoms in total. The van der Waals surface area contributed by atoms with E-state index in [9.17, 15) is 27.6 Å². The molecule has 3 N–H and O–H groups in total. The zero-order valence-corrected chi connectivity index (χ0v) is 17.0. The molecule has 2 aliphatic heterocycles. The summed E-state index contributed by atoms with van der Waals surface area (Å²) in [6.45, 7) is 1.46. The van der Waals surface area contributed by atoms with Crippen LogP contribution in [0.15, 0.2) is 18.2 Å². The highest BCUT2D eigenvalue weighted by Crippen LogP contribution is 2.38. The Morgan fingerprint density at radius 1 is 1.10 bits per heavy atom. The molecule has 0 bridgehead atoms. The van der Waals surface area contributed by atoms with E-state index in [-0.39, 0.29) is 17.5 Å². The van der Waals surface area contributed by atoms with Crippen LogP contribution in [-0.2, 0) is 15.8 Å². The van der Waals surface area contributed by atoms with Gasteiger partial charge in [0.2, 0.25) is 5.91 Å². The molecule has 0 atom stereocenters. The highest BCUT2D eigenvalue weighted by atomic mass is 19.4. The number of hydrogen-bond acceptors (Lipinski definition) is 4. The molecule has 0 radical (unpaired) electrons. The second kappa shape index (κ2) is 8.05. The molecule has 168 valence electrons. The van der Waals surface area contributed by atoms with E-state index in [1.54, 1.807) is 0 Å². The number of benzene rings is 1. The monoisotopic (exact) mass is 438 g/mol. The minimum atomic E-state index is -4.51. The zero-order chi connectivity index (χ0) is 22.2. The van der Waals surface area contributed by atoms with E-state index in [0.717, 1.165) is 44.5 Å². The van der Waals surface area contributed by atoms with Gasteiger partial charge in [-0.3, -0.25) is 14.9 Å². The first-order valence-corrected chi connectivity index (χ1v) is 10.6. The number of carbonyl (C=O) groups excluding carboxylic acids is 3. The predicted octanol–water partition coefficient (Wildman–Crippen LogP) is 3.40. The van der Waals surface area contributed by atoms with Crippen LogP contribution in [0.25, 0.3) is 0 Å². The standard InChI is InChI=1S/C21H25F3N4O3/c22-21(23,24)14-4-5-16(28-10-2-1-3-11-28)15(12-14)25-17(29)13-6-8-20(9-7-13)18(30)26-19(31)27-20/h4-5,12-13H,1-3,6-11H2,(H,25,29)(H2,26,27,30,31). The Kier molecular flexibility index (Phi) is 5.57. The first kappa shape index (κ1) is 21.5. The van der Waals surface area contributed by atoms with Gasteiger partial charge in [-0.2, -0.15) is 13.2 Å². The van der Waals surface area contributed by atoms with Crippen LogP contribution in [0.3, 0.4) is 0 Å². The normalized spacial score (nSPS) is 26.5. The van der Waals surface area contributed by atoms with Gasteiger partial charge in [0.1, 0.15) is 5.54 Å². The summed E-state index contributed by atoms with van der Waals surface area (Å²) in [5.74, 6) is -1.20. The van der Waals surface area contributed by atoms with Crippen LogP contribution in [0.1, 0.15) is 50.5 Å². The van der Waals surface area contributed by atoms with Crippen molar-refractivity contribution in [3.05, 3.63) is 23.8 Å². The zero-order valence-electron chi connectivity index (χ0n) is 17.0. The Balaban J connectivity index is 1.50. The van der Waals surface area contributed by atoms with E-state index in [0.29, 0.717) is 31.4 Å². The van der Waals surface area contributed by atoms with E-state index in [1.165, 1.54) is 6.07 Å². The highest BCUT2D eigenvalue weighted by Gasteiger charge is 2.49. The van der Waals surface area contributed by atoms with Gasteiger partial charge in [-0.25, -0.2) is 4.79 Å². The fourth-order valence-corrected chi connectivity index (χ4v) is 4.71. The number of urea groups is 1. The molecule has 0 unspecified atom stereocenters. The smallest absolute Gasteiger partial charge is 0.370 e. The fourth-order valence-electron chi connectivity index (χ4n) is 4.71. The Hall–Kier alpha value is -2.78. The lowest BCUT2D eigenvalue weighted by molar-refractivity contribution is -0.137. The van der Waals surface area contributed by atoms with E-state index >= 15 is 0 Å².